The van der Waals surface area contributed by atoms with Gasteiger partial charge in [-0.3, -0.25) is 0 Å². The molecule has 0 nitrogen and oxygen atoms in total. The zero-order chi connectivity index (χ0) is 15.0. The molecule has 0 aliphatic carbocycles. The van der Waals surface area contributed by atoms with E-state index in [9.17, 15) is 0 Å². The Morgan fingerprint density at radius 1 is 0.950 bits per heavy atom. The summed E-state index contributed by atoms with van der Waals surface area (Å²) in [7, 11) is 0. The molecule has 2 aromatic carbocycles. The van der Waals surface area contributed by atoms with Gasteiger partial charge in [0.15, 0.2) is 0 Å². The Balaban J connectivity index is 2.58. The maximum Gasteiger partial charge on any atom is 0.0650 e. The van der Waals surface area contributed by atoms with Crippen molar-refractivity contribution in [2.45, 2.75) is 32.5 Å². The van der Waals surface area contributed by atoms with E-state index in [2.05, 4.69) is 71.7 Å². The van der Waals surface area contributed by atoms with Crippen molar-refractivity contribution in [3.8, 4) is 0 Å². The zero-order valence-corrected chi connectivity index (χ0v) is 15.9. The molecule has 106 valence electrons. The lowest BCUT2D eigenvalue weighted by molar-refractivity contribution is 1.07. The summed E-state index contributed by atoms with van der Waals surface area (Å²) in [5.74, 6) is 0. The van der Waals surface area contributed by atoms with Gasteiger partial charge >= 0.3 is 0 Å². The normalized spacial score (nSPS) is 12.6. The second kappa shape index (κ2) is 6.21. The summed E-state index contributed by atoms with van der Waals surface area (Å²) in [5, 5.41) is 0.742. The van der Waals surface area contributed by atoms with E-state index in [-0.39, 0.29) is 4.83 Å². The van der Waals surface area contributed by atoms with Gasteiger partial charge in [0.05, 0.1) is 9.85 Å². The van der Waals surface area contributed by atoms with Crippen LogP contribution in [0.15, 0.2) is 28.7 Å². The predicted molar refractivity (Wildman–Crippen MR) is 95.3 cm³/mol. The van der Waals surface area contributed by atoms with Gasteiger partial charge in [-0.05, 0) is 89.1 Å². The third-order valence-electron chi connectivity index (χ3n) is 3.91. The SMILES string of the molecule is Cc1cc(C)c(C)c(C(Br)c2ccc(Br)c(Cl)c2)c1C. The van der Waals surface area contributed by atoms with Gasteiger partial charge in [-0.15, -0.1) is 0 Å². The van der Waals surface area contributed by atoms with Crippen molar-refractivity contribution in [1.82, 2.24) is 0 Å². The fourth-order valence-corrected chi connectivity index (χ4v) is 3.87. The molecule has 0 bridgehead atoms. The minimum absolute atomic E-state index is 0.159. The van der Waals surface area contributed by atoms with Crippen LogP contribution in [-0.4, -0.2) is 0 Å². The average Bonchev–Trinajstić information content (AvgIpc) is 2.40. The molecule has 0 radical (unpaired) electrons. The highest BCUT2D eigenvalue weighted by atomic mass is 79.9. The maximum atomic E-state index is 6.22. The van der Waals surface area contributed by atoms with E-state index in [4.69, 9.17) is 11.6 Å². The summed E-state index contributed by atoms with van der Waals surface area (Å²) in [6, 6.07) is 8.37. The molecule has 0 aliphatic heterocycles. The predicted octanol–water partition coefficient (Wildman–Crippen LogP) is 6.82. The van der Waals surface area contributed by atoms with Crippen LogP contribution in [0, 0.1) is 27.7 Å². The summed E-state index contributed by atoms with van der Waals surface area (Å²) >= 11 is 13.5. The number of benzene rings is 2. The summed E-state index contributed by atoms with van der Waals surface area (Å²) in [6.07, 6.45) is 0. The van der Waals surface area contributed by atoms with Crippen LogP contribution in [0.25, 0.3) is 0 Å². The smallest absolute Gasteiger partial charge is 0.0650 e. The van der Waals surface area contributed by atoms with Crippen LogP contribution >= 0.6 is 43.5 Å². The number of alkyl halides is 1. The first-order valence-electron chi connectivity index (χ1n) is 6.49. The van der Waals surface area contributed by atoms with Crippen molar-refractivity contribution in [2.24, 2.45) is 0 Å². The van der Waals surface area contributed by atoms with E-state index in [1.807, 2.05) is 12.1 Å². The third kappa shape index (κ3) is 2.98. The molecule has 20 heavy (non-hydrogen) atoms. The first-order chi connectivity index (χ1) is 9.32. The molecule has 2 rings (SSSR count). The largest absolute Gasteiger partial charge is 0.0831 e. The van der Waals surface area contributed by atoms with Crippen molar-refractivity contribution in [3.63, 3.8) is 0 Å². The van der Waals surface area contributed by atoms with Crippen LogP contribution in [0.1, 0.15) is 38.2 Å². The highest BCUT2D eigenvalue weighted by molar-refractivity contribution is 9.10. The lowest BCUT2D eigenvalue weighted by Crippen LogP contribution is -2.03. The molecule has 1 unspecified atom stereocenters. The van der Waals surface area contributed by atoms with Crippen molar-refractivity contribution >= 4 is 43.5 Å². The van der Waals surface area contributed by atoms with Crippen LogP contribution < -0.4 is 0 Å². The monoisotopic (exact) mass is 414 g/mol. The summed E-state index contributed by atoms with van der Waals surface area (Å²) in [4.78, 5) is 0.159. The van der Waals surface area contributed by atoms with Crippen LogP contribution in [0.5, 0.6) is 0 Å². The second-order valence-electron chi connectivity index (χ2n) is 5.21. The molecule has 0 heterocycles. The van der Waals surface area contributed by atoms with E-state index in [1.54, 1.807) is 0 Å². The van der Waals surface area contributed by atoms with Crippen LogP contribution in [-0.2, 0) is 0 Å². The molecular formula is C17H17Br2Cl. The van der Waals surface area contributed by atoms with Gasteiger partial charge < -0.3 is 0 Å². The number of hydrogen-bond donors (Lipinski definition) is 0. The van der Waals surface area contributed by atoms with Gasteiger partial charge in [0, 0.05) is 4.47 Å². The number of hydrogen-bond acceptors (Lipinski definition) is 0. The lowest BCUT2D eigenvalue weighted by atomic mass is 9.90. The minimum Gasteiger partial charge on any atom is -0.0831 e. The Bertz CT molecular complexity index is 636. The summed E-state index contributed by atoms with van der Waals surface area (Å²) in [6.45, 7) is 8.71. The van der Waals surface area contributed by atoms with Crippen LogP contribution in [0.2, 0.25) is 5.02 Å². The van der Waals surface area contributed by atoms with Crippen molar-refractivity contribution < 1.29 is 0 Å². The van der Waals surface area contributed by atoms with E-state index >= 15 is 0 Å². The van der Waals surface area contributed by atoms with Gasteiger partial charge in [0.2, 0.25) is 0 Å². The fourth-order valence-electron chi connectivity index (χ4n) is 2.46. The molecule has 3 heteroatoms. The third-order valence-corrected chi connectivity index (χ3v) is 6.13. The van der Waals surface area contributed by atoms with E-state index < -0.39 is 0 Å². The molecular weight excluding hydrogens is 399 g/mol. The highest BCUT2D eigenvalue weighted by Crippen LogP contribution is 2.39. The highest BCUT2D eigenvalue weighted by Gasteiger charge is 2.18. The van der Waals surface area contributed by atoms with Crippen LogP contribution in [0.4, 0.5) is 0 Å². The van der Waals surface area contributed by atoms with Gasteiger partial charge in [0.25, 0.3) is 0 Å². The van der Waals surface area contributed by atoms with Gasteiger partial charge in [-0.1, -0.05) is 39.7 Å². The van der Waals surface area contributed by atoms with Crippen molar-refractivity contribution in [2.75, 3.05) is 0 Å². The summed E-state index contributed by atoms with van der Waals surface area (Å²) in [5.41, 5.74) is 7.87. The Hall–Kier alpha value is -0.310. The van der Waals surface area contributed by atoms with Crippen molar-refractivity contribution in [1.29, 1.82) is 0 Å². The van der Waals surface area contributed by atoms with Gasteiger partial charge in [0.1, 0.15) is 0 Å². The Morgan fingerprint density at radius 2 is 1.50 bits per heavy atom. The molecule has 1 atom stereocenters. The molecule has 0 saturated heterocycles. The zero-order valence-electron chi connectivity index (χ0n) is 12.0. The molecule has 0 spiro atoms. The molecule has 0 aliphatic rings. The van der Waals surface area contributed by atoms with E-state index in [0.717, 1.165) is 9.50 Å². The van der Waals surface area contributed by atoms with Gasteiger partial charge in [-0.2, -0.15) is 0 Å². The van der Waals surface area contributed by atoms with Crippen LogP contribution in [0.3, 0.4) is 0 Å². The van der Waals surface area contributed by atoms with Crippen molar-refractivity contribution in [3.05, 3.63) is 67.1 Å². The topological polar surface area (TPSA) is 0 Å². The lowest BCUT2D eigenvalue weighted by Gasteiger charge is -2.20. The van der Waals surface area contributed by atoms with E-state index in [1.165, 1.54) is 33.4 Å². The Kier molecular flexibility index (Phi) is 4.99. The second-order valence-corrected chi connectivity index (χ2v) is 7.39. The average molecular weight is 417 g/mol. The van der Waals surface area contributed by atoms with E-state index in [0.29, 0.717) is 0 Å². The first-order valence-corrected chi connectivity index (χ1v) is 8.58. The molecule has 2 aromatic rings. The molecule has 0 aromatic heterocycles. The summed E-state index contributed by atoms with van der Waals surface area (Å²) < 4.78 is 0.927. The standard InChI is InChI=1S/C17H17Br2Cl/c1-9-7-10(2)12(4)16(11(9)3)17(19)13-5-6-14(18)15(20)8-13/h5-8,17H,1-4H3. The molecule has 0 amide bonds. The number of aryl methyl sites for hydroxylation is 2. The number of rotatable bonds is 2. The first kappa shape index (κ1) is 16.1. The molecule has 0 saturated carbocycles. The number of halogens is 3. The molecule has 0 N–H and O–H groups in total. The fraction of sp³-hybridized carbons (Fsp3) is 0.294. The minimum atomic E-state index is 0.159. The Morgan fingerprint density at radius 3 is 2.00 bits per heavy atom. The maximum absolute atomic E-state index is 6.22. The molecule has 0 fully saturated rings. The van der Waals surface area contributed by atoms with Gasteiger partial charge in [-0.25, -0.2) is 0 Å². The Labute approximate surface area is 142 Å². The quantitative estimate of drug-likeness (QED) is 0.471.